The van der Waals surface area contributed by atoms with Crippen molar-refractivity contribution in [2.75, 3.05) is 18.0 Å². The molecule has 3 rings (SSSR count). The first-order valence-corrected chi connectivity index (χ1v) is 8.71. The molecule has 1 heterocycles. The summed E-state index contributed by atoms with van der Waals surface area (Å²) in [6, 6.07) is 17.1. The maximum atomic E-state index is 12.6. The van der Waals surface area contributed by atoms with Gasteiger partial charge in [0.05, 0.1) is 11.6 Å². The molecule has 0 unspecified atom stereocenters. The second-order valence-electron chi connectivity index (χ2n) is 6.42. The molecule has 0 bridgehead atoms. The Kier molecular flexibility index (Phi) is 5.33. The molecule has 0 saturated carbocycles. The van der Waals surface area contributed by atoms with Gasteiger partial charge in [-0.1, -0.05) is 30.3 Å². The summed E-state index contributed by atoms with van der Waals surface area (Å²) in [6.45, 7) is 3.11. The highest BCUT2D eigenvalue weighted by molar-refractivity contribution is 5.92. The van der Waals surface area contributed by atoms with Crippen molar-refractivity contribution < 1.29 is 9.59 Å². The number of benzene rings is 2. The number of carbonyl (C=O) groups is 2. The Hall–Kier alpha value is -3.13. The number of amides is 2. The summed E-state index contributed by atoms with van der Waals surface area (Å²) in [6.07, 6.45) is 1.13. The van der Waals surface area contributed by atoms with Gasteiger partial charge in [-0.25, -0.2) is 0 Å². The normalized spacial score (nSPS) is 12.8. The minimum atomic E-state index is -0.142. The molecule has 5 nitrogen and oxygen atoms in total. The van der Waals surface area contributed by atoms with Crippen molar-refractivity contribution in [3.05, 3.63) is 65.2 Å². The fourth-order valence-electron chi connectivity index (χ4n) is 3.29. The van der Waals surface area contributed by atoms with Gasteiger partial charge in [-0.2, -0.15) is 5.26 Å². The first-order chi connectivity index (χ1) is 12.6. The molecule has 0 atom stereocenters. The van der Waals surface area contributed by atoms with Crippen LogP contribution in [0, 0.1) is 11.3 Å². The summed E-state index contributed by atoms with van der Waals surface area (Å²) >= 11 is 0. The number of anilines is 1. The molecule has 0 spiro atoms. The summed E-state index contributed by atoms with van der Waals surface area (Å²) in [5.41, 5.74) is 3.63. The number of carbonyl (C=O) groups excluding carboxylic acids is 2. The fourth-order valence-corrected chi connectivity index (χ4v) is 3.29. The zero-order chi connectivity index (χ0) is 18.5. The minimum absolute atomic E-state index is 0.0437. The maximum Gasteiger partial charge on any atom is 0.224 e. The van der Waals surface area contributed by atoms with Gasteiger partial charge in [0.2, 0.25) is 11.8 Å². The van der Waals surface area contributed by atoms with Crippen LogP contribution >= 0.6 is 0 Å². The molecule has 0 N–H and O–H groups in total. The van der Waals surface area contributed by atoms with E-state index in [0.717, 1.165) is 6.42 Å². The van der Waals surface area contributed by atoms with E-state index < -0.39 is 0 Å². The van der Waals surface area contributed by atoms with Crippen molar-refractivity contribution in [2.45, 2.75) is 26.3 Å². The lowest BCUT2D eigenvalue weighted by Gasteiger charge is -2.30. The summed E-state index contributed by atoms with van der Waals surface area (Å²) in [7, 11) is 0. The van der Waals surface area contributed by atoms with Gasteiger partial charge in [0.25, 0.3) is 0 Å². The molecule has 26 heavy (non-hydrogen) atoms. The topological polar surface area (TPSA) is 64.4 Å². The van der Waals surface area contributed by atoms with E-state index in [9.17, 15) is 9.59 Å². The van der Waals surface area contributed by atoms with Gasteiger partial charge in [0.1, 0.15) is 0 Å². The number of rotatable bonds is 4. The van der Waals surface area contributed by atoms with Crippen LogP contribution in [0.2, 0.25) is 0 Å². The Morgan fingerprint density at radius 1 is 1.15 bits per heavy atom. The molecule has 0 saturated heterocycles. The van der Waals surface area contributed by atoms with Crippen LogP contribution < -0.4 is 4.90 Å². The number of nitriles is 1. The monoisotopic (exact) mass is 347 g/mol. The molecule has 0 aliphatic carbocycles. The molecule has 1 aliphatic rings. The Balaban J connectivity index is 1.65. The van der Waals surface area contributed by atoms with Crippen LogP contribution in [0.15, 0.2) is 48.5 Å². The lowest BCUT2D eigenvalue weighted by Crippen LogP contribution is -2.39. The van der Waals surface area contributed by atoms with Crippen molar-refractivity contribution in [2.24, 2.45) is 0 Å². The molecule has 5 heteroatoms. The quantitative estimate of drug-likeness (QED) is 0.854. The van der Waals surface area contributed by atoms with E-state index in [-0.39, 0.29) is 18.2 Å². The first kappa shape index (κ1) is 17.7. The van der Waals surface area contributed by atoms with E-state index in [2.05, 4.69) is 18.2 Å². The molecule has 0 aromatic heterocycles. The lowest BCUT2D eigenvalue weighted by atomic mass is 10.00. The van der Waals surface area contributed by atoms with Crippen molar-refractivity contribution in [1.29, 1.82) is 5.26 Å². The molecule has 2 amide bonds. The average molecular weight is 347 g/mol. The zero-order valence-corrected chi connectivity index (χ0v) is 14.8. The van der Waals surface area contributed by atoms with Crippen LogP contribution in [0.3, 0.4) is 0 Å². The van der Waals surface area contributed by atoms with E-state index in [4.69, 9.17) is 5.26 Å². The van der Waals surface area contributed by atoms with Gasteiger partial charge in [0, 0.05) is 38.7 Å². The van der Waals surface area contributed by atoms with Crippen LogP contribution in [-0.4, -0.2) is 29.8 Å². The molecular formula is C21H21N3O2. The van der Waals surface area contributed by atoms with Gasteiger partial charge < -0.3 is 9.80 Å². The van der Waals surface area contributed by atoms with E-state index in [1.54, 1.807) is 29.2 Å². The summed E-state index contributed by atoms with van der Waals surface area (Å²) < 4.78 is 0. The molecule has 132 valence electrons. The highest BCUT2D eigenvalue weighted by atomic mass is 16.2. The standard InChI is InChI=1S/C21H21N3O2/c1-16(25)24(20-8-4-5-17(13-20)14-22)12-10-21(26)23-11-9-18-6-2-3-7-19(18)15-23/h2-8,13H,9-12,15H2,1H3. The molecule has 1 aliphatic heterocycles. The number of fused-ring (bicyclic) bond motifs is 1. The van der Waals surface area contributed by atoms with Crippen molar-refractivity contribution in [3.8, 4) is 6.07 Å². The fraction of sp³-hybridized carbons (Fsp3) is 0.286. The van der Waals surface area contributed by atoms with Crippen LogP contribution in [0.25, 0.3) is 0 Å². The summed E-state index contributed by atoms with van der Waals surface area (Å²) in [4.78, 5) is 28.0. The average Bonchev–Trinajstić information content (AvgIpc) is 2.67. The predicted octanol–water partition coefficient (Wildman–Crippen LogP) is 2.89. The molecule has 2 aromatic rings. The third kappa shape index (κ3) is 3.92. The van der Waals surface area contributed by atoms with Crippen LogP contribution in [0.1, 0.15) is 30.0 Å². The van der Waals surface area contributed by atoms with Crippen LogP contribution in [0.5, 0.6) is 0 Å². The second-order valence-corrected chi connectivity index (χ2v) is 6.42. The van der Waals surface area contributed by atoms with E-state index in [0.29, 0.717) is 30.9 Å². The van der Waals surface area contributed by atoms with E-state index in [1.807, 2.05) is 17.0 Å². The van der Waals surface area contributed by atoms with Gasteiger partial charge in [-0.15, -0.1) is 0 Å². The van der Waals surface area contributed by atoms with Gasteiger partial charge in [-0.3, -0.25) is 9.59 Å². The van der Waals surface area contributed by atoms with E-state index in [1.165, 1.54) is 18.1 Å². The highest BCUT2D eigenvalue weighted by Crippen LogP contribution is 2.20. The maximum absolute atomic E-state index is 12.6. The Bertz CT molecular complexity index is 870. The molecule has 2 aromatic carbocycles. The van der Waals surface area contributed by atoms with E-state index >= 15 is 0 Å². The summed E-state index contributed by atoms with van der Waals surface area (Å²) in [5, 5.41) is 9.04. The summed E-state index contributed by atoms with van der Waals surface area (Å²) in [5.74, 6) is -0.0981. The Labute approximate surface area is 153 Å². The second kappa shape index (κ2) is 7.83. The van der Waals surface area contributed by atoms with Crippen molar-refractivity contribution in [3.63, 3.8) is 0 Å². The highest BCUT2D eigenvalue weighted by Gasteiger charge is 2.21. The van der Waals surface area contributed by atoms with Crippen LogP contribution in [-0.2, 0) is 22.6 Å². The third-order valence-corrected chi connectivity index (χ3v) is 4.70. The van der Waals surface area contributed by atoms with Crippen LogP contribution in [0.4, 0.5) is 5.69 Å². The van der Waals surface area contributed by atoms with Crippen molar-refractivity contribution >= 4 is 17.5 Å². The number of hydrogen-bond donors (Lipinski definition) is 0. The number of nitrogens with zero attached hydrogens (tertiary/aromatic N) is 3. The molecular weight excluding hydrogens is 326 g/mol. The first-order valence-electron chi connectivity index (χ1n) is 8.71. The Morgan fingerprint density at radius 2 is 1.92 bits per heavy atom. The lowest BCUT2D eigenvalue weighted by molar-refractivity contribution is -0.131. The van der Waals surface area contributed by atoms with Gasteiger partial charge in [0.15, 0.2) is 0 Å². The molecule has 0 radical (unpaired) electrons. The number of hydrogen-bond acceptors (Lipinski definition) is 3. The molecule has 0 fully saturated rings. The van der Waals surface area contributed by atoms with Gasteiger partial charge in [-0.05, 0) is 35.7 Å². The minimum Gasteiger partial charge on any atom is -0.338 e. The van der Waals surface area contributed by atoms with Gasteiger partial charge >= 0.3 is 0 Å². The van der Waals surface area contributed by atoms with Crippen molar-refractivity contribution in [1.82, 2.24) is 4.90 Å². The zero-order valence-electron chi connectivity index (χ0n) is 14.8. The Morgan fingerprint density at radius 3 is 2.65 bits per heavy atom. The SMILES string of the molecule is CC(=O)N(CCC(=O)N1CCc2ccccc2C1)c1cccc(C#N)c1. The third-order valence-electron chi connectivity index (χ3n) is 4.70. The largest absolute Gasteiger partial charge is 0.338 e. The predicted molar refractivity (Wildman–Crippen MR) is 99.4 cm³/mol. The smallest absolute Gasteiger partial charge is 0.224 e.